The number of hydrogen-bond donors (Lipinski definition) is 1. The van der Waals surface area contributed by atoms with Gasteiger partial charge in [-0.05, 0) is 25.7 Å². The van der Waals surface area contributed by atoms with Gasteiger partial charge in [-0.25, -0.2) is 0 Å². The molecule has 0 aromatic carbocycles. The van der Waals surface area contributed by atoms with Crippen LogP contribution >= 0.6 is 11.8 Å². The van der Waals surface area contributed by atoms with Crippen LogP contribution in [0.3, 0.4) is 0 Å². The molecule has 0 radical (unpaired) electrons. The van der Waals surface area contributed by atoms with Crippen molar-refractivity contribution in [2.45, 2.75) is 31.8 Å². The van der Waals surface area contributed by atoms with Crippen LogP contribution in [0.4, 0.5) is 0 Å². The van der Waals surface area contributed by atoms with Crippen LogP contribution in [-0.2, 0) is 0 Å². The molecule has 2 heterocycles. The summed E-state index contributed by atoms with van der Waals surface area (Å²) < 4.78 is 0. The highest BCUT2D eigenvalue weighted by molar-refractivity contribution is 7.99. The highest BCUT2D eigenvalue weighted by atomic mass is 32.2. The molecule has 1 saturated carbocycles. The van der Waals surface area contributed by atoms with Crippen LogP contribution in [0.1, 0.15) is 19.8 Å². The Morgan fingerprint density at radius 1 is 1.17 bits per heavy atom. The van der Waals surface area contributed by atoms with Crippen molar-refractivity contribution in [1.29, 1.82) is 0 Å². The first-order chi connectivity index (χ1) is 8.83. The van der Waals surface area contributed by atoms with Gasteiger partial charge in [-0.15, -0.1) is 0 Å². The van der Waals surface area contributed by atoms with Gasteiger partial charge in [-0.1, -0.05) is 0 Å². The smallest absolute Gasteiger partial charge is 0.0224 e. The van der Waals surface area contributed by atoms with Crippen LogP contribution in [0.25, 0.3) is 0 Å². The fourth-order valence-corrected chi connectivity index (χ4v) is 4.15. The van der Waals surface area contributed by atoms with Gasteiger partial charge in [-0.2, -0.15) is 11.8 Å². The summed E-state index contributed by atoms with van der Waals surface area (Å²) in [7, 11) is 0. The third-order valence-corrected chi connectivity index (χ3v) is 5.67. The minimum atomic E-state index is 0.721. The molecule has 0 aromatic heterocycles. The molecule has 3 nitrogen and oxygen atoms in total. The minimum Gasteiger partial charge on any atom is -0.311 e. The fraction of sp³-hybridized carbons (Fsp3) is 1.00. The first-order valence-corrected chi connectivity index (χ1v) is 8.76. The highest BCUT2D eigenvalue weighted by Gasteiger charge is 2.35. The molecule has 0 spiro atoms. The van der Waals surface area contributed by atoms with Crippen LogP contribution in [-0.4, -0.2) is 72.7 Å². The Morgan fingerprint density at radius 2 is 1.94 bits per heavy atom. The molecule has 2 atom stereocenters. The summed E-state index contributed by atoms with van der Waals surface area (Å²) in [5.74, 6) is 3.66. The van der Waals surface area contributed by atoms with E-state index in [2.05, 4.69) is 33.8 Å². The zero-order valence-corrected chi connectivity index (χ0v) is 12.4. The maximum atomic E-state index is 3.74. The Bertz CT molecular complexity index is 264. The van der Waals surface area contributed by atoms with E-state index in [1.54, 1.807) is 0 Å². The van der Waals surface area contributed by atoms with Gasteiger partial charge in [-0.3, -0.25) is 4.90 Å². The topological polar surface area (TPSA) is 18.5 Å². The molecule has 2 unspecified atom stereocenters. The standard InChI is InChI=1S/C14H27N3S/c1-12-10-15-14(13-2-3-13)11-17(12)5-4-16-6-8-18-9-7-16/h12-15H,2-11H2,1H3. The molecule has 0 aromatic rings. The zero-order chi connectivity index (χ0) is 12.4. The Morgan fingerprint density at radius 3 is 2.67 bits per heavy atom. The first-order valence-electron chi connectivity index (χ1n) is 7.60. The molecule has 3 aliphatic rings. The molecule has 104 valence electrons. The van der Waals surface area contributed by atoms with E-state index >= 15 is 0 Å². The SMILES string of the molecule is CC1CNC(C2CC2)CN1CCN1CCSCC1. The van der Waals surface area contributed by atoms with Crippen LogP contribution in [0.15, 0.2) is 0 Å². The molecule has 2 saturated heterocycles. The molecule has 1 N–H and O–H groups in total. The number of nitrogens with zero attached hydrogens (tertiary/aromatic N) is 2. The van der Waals surface area contributed by atoms with Crippen LogP contribution in [0.2, 0.25) is 0 Å². The van der Waals surface area contributed by atoms with Gasteiger partial charge in [0, 0.05) is 62.9 Å². The predicted molar refractivity (Wildman–Crippen MR) is 79.3 cm³/mol. The second kappa shape index (κ2) is 6.12. The molecule has 0 amide bonds. The molecular weight excluding hydrogens is 242 g/mol. The summed E-state index contributed by atoms with van der Waals surface area (Å²) in [6.45, 7) is 10.0. The minimum absolute atomic E-state index is 0.721. The van der Waals surface area contributed by atoms with E-state index in [1.807, 2.05) is 0 Å². The Hall–Kier alpha value is 0.230. The van der Waals surface area contributed by atoms with Gasteiger partial charge >= 0.3 is 0 Å². The summed E-state index contributed by atoms with van der Waals surface area (Å²) in [4.78, 5) is 5.37. The summed E-state index contributed by atoms with van der Waals surface area (Å²) in [5.41, 5.74) is 0. The summed E-state index contributed by atoms with van der Waals surface area (Å²) in [6, 6.07) is 1.51. The summed E-state index contributed by atoms with van der Waals surface area (Å²) in [6.07, 6.45) is 2.92. The van der Waals surface area contributed by atoms with Gasteiger partial charge in [0.15, 0.2) is 0 Å². The van der Waals surface area contributed by atoms with Gasteiger partial charge < -0.3 is 10.2 Å². The second-order valence-electron chi connectivity index (χ2n) is 6.15. The number of thioether (sulfide) groups is 1. The number of piperazine rings is 1. The monoisotopic (exact) mass is 269 g/mol. The van der Waals surface area contributed by atoms with Crippen LogP contribution in [0, 0.1) is 5.92 Å². The van der Waals surface area contributed by atoms with Crippen molar-refractivity contribution in [3.05, 3.63) is 0 Å². The fourth-order valence-electron chi connectivity index (χ4n) is 3.17. The molecule has 3 fully saturated rings. The van der Waals surface area contributed by atoms with Crippen molar-refractivity contribution < 1.29 is 0 Å². The largest absolute Gasteiger partial charge is 0.311 e. The number of nitrogens with one attached hydrogen (secondary N) is 1. The lowest BCUT2D eigenvalue weighted by Gasteiger charge is -2.40. The van der Waals surface area contributed by atoms with Crippen LogP contribution < -0.4 is 5.32 Å². The van der Waals surface area contributed by atoms with E-state index in [1.165, 1.54) is 63.6 Å². The quantitative estimate of drug-likeness (QED) is 0.824. The molecule has 2 aliphatic heterocycles. The van der Waals surface area contributed by atoms with Crippen LogP contribution in [0.5, 0.6) is 0 Å². The molecule has 18 heavy (non-hydrogen) atoms. The first kappa shape index (κ1) is 13.2. The van der Waals surface area contributed by atoms with Gasteiger partial charge in [0.1, 0.15) is 0 Å². The third-order valence-electron chi connectivity index (χ3n) is 4.73. The molecule has 3 rings (SSSR count). The lowest BCUT2D eigenvalue weighted by Crippen LogP contribution is -2.57. The molecule has 0 bridgehead atoms. The summed E-state index contributed by atoms with van der Waals surface area (Å²) >= 11 is 2.11. The third kappa shape index (κ3) is 3.41. The average molecular weight is 269 g/mol. The maximum absolute atomic E-state index is 3.74. The van der Waals surface area contributed by atoms with Crippen molar-refractivity contribution in [2.24, 2.45) is 5.92 Å². The van der Waals surface area contributed by atoms with Crippen molar-refractivity contribution in [3.63, 3.8) is 0 Å². The Labute approximate surface area is 116 Å². The number of hydrogen-bond acceptors (Lipinski definition) is 4. The normalized spacial score (nSPS) is 35.8. The highest BCUT2D eigenvalue weighted by Crippen LogP contribution is 2.34. The lowest BCUT2D eigenvalue weighted by atomic mass is 10.1. The molecule has 1 aliphatic carbocycles. The number of rotatable bonds is 4. The van der Waals surface area contributed by atoms with E-state index in [0.717, 1.165) is 18.0 Å². The van der Waals surface area contributed by atoms with E-state index in [4.69, 9.17) is 0 Å². The Kier molecular flexibility index (Phi) is 4.50. The van der Waals surface area contributed by atoms with E-state index in [0.29, 0.717) is 0 Å². The Balaban J connectivity index is 1.44. The van der Waals surface area contributed by atoms with E-state index in [9.17, 15) is 0 Å². The van der Waals surface area contributed by atoms with Gasteiger partial charge in [0.05, 0.1) is 0 Å². The van der Waals surface area contributed by atoms with Gasteiger partial charge in [0.25, 0.3) is 0 Å². The molecular formula is C14H27N3S. The molecule has 4 heteroatoms. The van der Waals surface area contributed by atoms with Crippen molar-refractivity contribution in [1.82, 2.24) is 15.1 Å². The van der Waals surface area contributed by atoms with Gasteiger partial charge in [0.2, 0.25) is 0 Å². The van der Waals surface area contributed by atoms with E-state index < -0.39 is 0 Å². The van der Waals surface area contributed by atoms with Crippen molar-refractivity contribution in [2.75, 3.05) is 50.8 Å². The van der Waals surface area contributed by atoms with Crippen molar-refractivity contribution >= 4 is 11.8 Å². The average Bonchev–Trinajstić information content (AvgIpc) is 3.23. The summed E-state index contributed by atoms with van der Waals surface area (Å²) in [5, 5.41) is 3.74. The predicted octanol–water partition coefficient (Wildman–Crippen LogP) is 1.11. The van der Waals surface area contributed by atoms with E-state index in [-0.39, 0.29) is 0 Å². The lowest BCUT2D eigenvalue weighted by molar-refractivity contribution is 0.116. The maximum Gasteiger partial charge on any atom is 0.0224 e. The van der Waals surface area contributed by atoms with Crippen molar-refractivity contribution in [3.8, 4) is 0 Å². The second-order valence-corrected chi connectivity index (χ2v) is 7.37. The zero-order valence-electron chi connectivity index (χ0n) is 11.6.